The van der Waals surface area contributed by atoms with Crippen LogP contribution in [-0.4, -0.2) is 43.3 Å². The van der Waals surface area contributed by atoms with Gasteiger partial charge in [0.05, 0.1) is 12.2 Å². The second-order valence-electron chi connectivity index (χ2n) is 4.91. The van der Waals surface area contributed by atoms with Crippen molar-refractivity contribution in [3.05, 3.63) is 0 Å². The van der Waals surface area contributed by atoms with Crippen LogP contribution in [0.3, 0.4) is 0 Å². The second-order valence-corrected chi connectivity index (χ2v) is 4.91. The van der Waals surface area contributed by atoms with Crippen molar-refractivity contribution in [2.24, 2.45) is 5.73 Å². The lowest BCUT2D eigenvalue weighted by molar-refractivity contribution is 0.0405. The minimum atomic E-state index is -0.662. The van der Waals surface area contributed by atoms with Crippen molar-refractivity contribution in [2.75, 3.05) is 26.7 Å². The Bertz CT molecular complexity index is 239. The minimum absolute atomic E-state index is 0.440. The highest BCUT2D eigenvalue weighted by molar-refractivity contribution is 5.00. The Balaban J connectivity index is 2.14. The Morgan fingerprint density at radius 2 is 2.12 bits per heavy atom. The third-order valence-electron chi connectivity index (χ3n) is 3.29. The zero-order valence-electron chi connectivity index (χ0n) is 10.4. The smallest absolute Gasteiger partial charge is 0.101 e. The van der Waals surface area contributed by atoms with Crippen LogP contribution in [0.25, 0.3) is 0 Å². The van der Waals surface area contributed by atoms with Gasteiger partial charge in [-0.1, -0.05) is 0 Å². The summed E-state index contributed by atoms with van der Waals surface area (Å²) in [7, 11) is 1.78. The number of hydrogen-bond acceptors (Lipinski definition) is 4. The lowest BCUT2D eigenvalue weighted by Gasteiger charge is -2.31. The summed E-state index contributed by atoms with van der Waals surface area (Å²) in [5, 5.41) is 8.79. The number of methoxy groups -OCH3 is 1. The summed E-state index contributed by atoms with van der Waals surface area (Å²) >= 11 is 0. The third kappa shape index (κ3) is 4.48. The van der Waals surface area contributed by atoms with E-state index in [4.69, 9.17) is 15.7 Å². The molecule has 1 aliphatic heterocycles. The van der Waals surface area contributed by atoms with Gasteiger partial charge in [0, 0.05) is 20.2 Å². The molecule has 1 rings (SSSR count). The standard InChI is InChI=1S/C12H23N3O/c1-12(14,10-13)6-3-7-15-8-4-11(16-2)5-9-15/h11H,3-9,14H2,1-2H3. The predicted octanol–water partition coefficient (Wildman–Crippen LogP) is 1.12. The molecule has 92 valence electrons. The second kappa shape index (κ2) is 6.19. The Morgan fingerprint density at radius 3 is 2.62 bits per heavy atom. The average molecular weight is 225 g/mol. The number of ether oxygens (including phenoxy) is 1. The molecular weight excluding hydrogens is 202 g/mol. The van der Waals surface area contributed by atoms with E-state index in [-0.39, 0.29) is 0 Å². The van der Waals surface area contributed by atoms with Crippen molar-refractivity contribution in [1.29, 1.82) is 5.26 Å². The Hall–Kier alpha value is -0.630. The van der Waals surface area contributed by atoms with Gasteiger partial charge in [0.2, 0.25) is 0 Å². The molecule has 0 aromatic rings. The summed E-state index contributed by atoms with van der Waals surface area (Å²) in [5.41, 5.74) is 5.11. The van der Waals surface area contributed by atoms with Gasteiger partial charge in [0.15, 0.2) is 0 Å². The molecule has 4 nitrogen and oxygen atoms in total. The Morgan fingerprint density at radius 1 is 1.50 bits per heavy atom. The largest absolute Gasteiger partial charge is 0.381 e. The van der Waals surface area contributed by atoms with Gasteiger partial charge in [0.1, 0.15) is 5.54 Å². The first kappa shape index (κ1) is 13.4. The van der Waals surface area contributed by atoms with Crippen LogP contribution in [0.4, 0.5) is 0 Å². The molecule has 0 saturated carbocycles. The molecule has 1 unspecified atom stereocenters. The van der Waals surface area contributed by atoms with Crippen LogP contribution < -0.4 is 5.73 Å². The van der Waals surface area contributed by atoms with Crippen molar-refractivity contribution in [2.45, 2.75) is 44.2 Å². The lowest BCUT2D eigenvalue weighted by Crippen LogP contribution is -2.39. The Kier molecular flexibility index (Phi) is 5.20. The molecule has 1 aliphatic rings. The minimum Gasteiger partial charge on any atom is -0.381 e. The van der Waals surface area contributed by atoms with Gasteiger partial charge in [-0.15, -0.1) is 0 Å². The highest BCUT2D eigenvalue weighted by Crippen LogP contribution is 2.14. The highest BCUT2D eigenvalue weighted by Gasteiger charge is 2.20. The summed E-state index contributed by atoms with van der Waals surface area (Å²) in [6.07, 6.45) is 4.45. The maximum Gasteiger partial charge on any atom is 0.101 e. The third-order valence-corrected chi connectivity index (χ3v) is 3.29. The summed E-state index contributed by atoms with van der Waals surface area (Å²) < 4.78 is 5.33. The number of likely N-dealkylation sites (tertiary alicyclic amines) is 1. The van der Waals surface area contributed by atoms with Crippen LogP contribution >= 0.6 is 0 Å². The number of piperidine rings is 1. The van der Waals surface area contributed by atoms with E-state index in [1.807, 2.05) is 0 Å². The molecule has 4 heteroatoms. The van der Waals surface area contributed by atoms with E-state index in [1.165, 1.54) is 0 Å². The quantitative estimate of drug-likeness (QED) is 0.761. The van der Waals surface area contributed by atoms with E-state index in [0.29, 0.717) is 6.10 Å². The SMILES string of the molecule is COC1CCN(CCCC(C)(N)C#N)CC1. The van der Waals surface area contributed by atoms with Crippen LogP contribution in [0.5, 0.6) is 0 Å². The predicted molar refractivity (Wildman–Crippen MR) is 63.9 cm³/mol. The highest BCUT2D eigenvalue weighted by atomic mass is 16.5. The molecule has 0 bridgehead atoms. The van der Waals surface area contributed by atoms with Crippen LogP contribution in [0.2, 0.25) is 0 Å². The molecule has 0 aliphatic carbocycles. The molecular formula is C12H23N3O. The van der Waals surface area contributed by atoms with Gasteiger partial charge in [-0.25, -0.2) is 0 Å². The first-order valence-corrected chi connectivity index (χ1v) is 6.02. The normalized spacial score (nSPS) is 22.6. The fraction of sp³-hybridized carbons (Fsp3) is 0.917. The van der Waals surface area contributed by atoms with Crippen LogP contribution in [0, 0.1) is 11.3 Å². The van der Waals surface area contributed by atoms with Crippen molar-refractivity contribution < 1.29 is 4.74 Å². The molecule has 0 aromatic carbocycles. The van der Waals surface area contributed by atoms with Crippen LogP contribution in [0.15, 0.2) is 0 Å². The van der Waals surface area contributed by atoms with Crippen LogP contribution in [-0.2, 0) is 4.74 Å². The molecule has 1 fully saturated rings. The number of hydrogen-bond donors (Lipinski definition) is 1. The maximum absolute atomic E-state index is 8.79. The molecule has 16 heavy (non-hydrogen) atoms. The average Bonchev–Trinajstić information content (AvgIpc) is 2.30. The van der Waals surface area contributed by atoms with Crippen molar-refractivity contribution >= 4 is 0 Å². The maximum atomic E-state index is 8.79. The van der Waals surface area contributed by atoms with Gasteiger partial charge in [-0.2, -0.15) is 5.26 Å². The van der Waals surface area contributed by atoms with E-state index in [2.05, 4.69) is 11.0 Å². The summed E-state index contributed by atoms with van der Waals surface area (Å²) in [5.74, 6) is 0. The first-order valence-electron chi connectivity index (χ1n) is 6.02. The van der Waals surface area contributed by atoms with Crippen molar-refractivity contribution in [1.82, 2.24) is 4.90 Å². The molecule has 0 spiro atoms. The fourth-order valence-electron chi connectivity index (χ4n) is 2.09. The monoisotopic (exact) mass is 225 g/mol. The summed E-state index contributed by atoms with van der Waals surface area (Å²) in [6.45, 7) is 5.05. The topological polar surface area (TPSA) is 62.3 Å². The van der Waals surface area contributed by atoms with Crippen LogP contribution in [0.1, 0.15) is 32.6 Å². The van der Waals surface area contributed by atoms with Crippen molar-refractivity contribution in [3.63, 3.8) is 0 Å². The van der Waals surface area contributed by atoms with E-state index in [9.17, 15) is 0 Å². The van der Waals surface area contributed by atoms with Gasteiger partial charge in [0.25, 0.3) is 0 Å². The molecule has 1 heterocycles. The first-order chi connectivity index (χ1) is 7.57. The fourth-order valence-corrected chi connectivity index (χ4v) is 2.09. The van der Waals surface area contributed by atoms with E-state index in [1.54, 1.807) is 14.0 Å². The molecule has 1 atom stereocenters. The molecule has 0 radical (unpaired) electrons. The van der Waals surface area contributed by atoms with E-state index >= 15 is 0 Å². The zero-order chi connectivity index (χ0) is 12.0. The van der Waals surface area contributed by atoms with Gasteiger partial charge >= 0.3 is 0 Å². The molecule has 2 N–H and O–H groups in total. The Labute approximate surface area is 98.4 Å². The van der Waals surface area contributed by atoms with Crippen molar-refractivity contribution in [3.8, 4) is 6.07 Å². The summed E-state index contributed by atoms with van der Waals surface area (Å²) in [4.78, 5) is 2.43. The summed E-state index contributed by atoms with van der Waals surface area (Å²) in [6, 6.07) is 2.13. The van der Waals surface area contributed by atoms with Gasteiger partial charge < -0.3 is 15.4 Å². The number of nitrogens with zero attached hydrogens (tertiary/aromatic N) is 2. The van der Waals surface area contributed by atoms with Gasteiger partial charge in [-0.3, -0.25) is 0 Å². The number of rotatable bonds is 5. The zero-order valence-corrected chi connectivity index (χ0v) is 10.4. The molecule has 0 amide bonds. The number of nitriles is 1. The molecule has 0 aromatic heterocycles. The van der Waals surface area contributed by atoms with E-state index in [0.717, 1.165) is 45.3 Å². The van der Waals surface area contributed by atoms with Gasteiger partial charge in [-0.05, 0) is 39.2 Å². The van der Waals surface area contributed by atoms with E-state index < -0.39 is 5.54 Å². The lowest BCUT2D eigenvalue weighted by atomic mass is 9.98. The molecule has 1 saturated heterocycles. The number of nitrogens with two attached hydrogens (primary N) is 1.